The van der Waals surface area contributed by atoms with Gasteiger partial charge in [0.2, 0.25) is 0 Å². The summed E-state index contributed by atoms with van der Waals surface area (Å²) in [5, 5.41) is 9.43. The Kier molecular flexibility index (Phi) is 4.03. The number of aromatic nitrogens is 3. The number of aromatic carboxylic acids is 1. The molecule has 2 N–H and O–H groups in total. The Balaban J connectivity index is 2.01. The van der Waals surface area contributed by atoms with Crippen molar-refractivity contribution in [2.45, 2.75) is 13.0 Å². The van der Waals surface area contributed by atoms with Gasteiger partial charge in [-0.25, -0.2) is 4.79 Å². The number of H-pyrrole nitrogens is 1. The van der Waals surface area contributed by atoms with E-state index in [1.54, 1.807) is 12.4 Å². The smallest absolute Gasteiger partial charge is 0.335 e. The van der Waals surface area contributed by atoms with Gasteiger partial charge in [0.15, 0.2) is 4.77 Å². The number of carbonyl (C=O) groups is 1. The maximum Gasteiger partial charge on any atom is 0.335 e. The molecule has 0 aliphatic heterocycles. The molecule has 7 heteroatoms. The number of benzene rings is 1. The summed E-state index contributed by atoms with van der Waals surface area (Å²) in [7, 11) is 0. The van der Waals surface area contributed by atoms with E-state index in [4.69, 9.17) is 17.3 Å². The third kappa shape index (κ3) is 3.04. The molecule has 0 spiro atoms. The molecule has 0 bridgehead atoms. The summed E-state index contributed by atoms with van der Waals surface area (Å²) in [4.78, 5) is 30.5. The van der Waals surface area contributed by atoms with Gasteiger partial charge in [-0.15, -0.1) is 0 Å². The number of aryl methyl sites for hydroxylation is 1. The van der Waals surface area contributed by atoms with Gasteiger partial charge in [0.05, 0.1) is 16.5 Å². The normalized spacial score (nSPS) is 10.8. The molecule has 0 amide bonds. The Bertz CT molecular complexity index is 993. The van der Waals surface area contributed by atoms with Crippen LogP contribution in [0, 0.1) is 4.77 Å². The molecule has 0 saturated carbocycles. The molecule has 0 radical (unpaired) electrons. The summed E-state index contributed by atoms with van der Waals surface area (Å²) >= 11 is 5.24. The van der Waals surface area contributed by atoms with Gasteiger partial charge < -0.3 is 10.1 Å². The van der Waals surface area contributed by atoms with E-state index < -0.39 is 5.97 Å². The van der Waals surface area contributed by atoms with Crippen molar-refractivity contribution in [2.75, 3.05) is 0 Å². The zero-order valence-corrected chi connectivity index (χ0v) is 12.8. The van der Waals surface area contributed by atoms with Crippen LogP contribution in [0.4, 0.5) is 0 Å². The molecule has 23 heavy (non-hydrogen) atoms. The molecule has 0 aliphatic rings. The molecule has 3 aromatic rings. The van der Waals surface area contributed by atoms with Crippen LogP contribution in [-0.2, 0) is 13.0 Å². The van der Waals surface area contributed by atoms with E-state index in [9.17, 15) is 9.59 Å². The summed E-state index contributed by atoms with van der Waals surface area (Å²) in [6, 6.07) is 8.11. The molecule has 0 atom stereocenters. The second kappa shape index (κ2) is 6.13. The monoisotopic (exact) mass is 327 g/mol. The van der Waals surface area contributed by atoms with E-state index in [0.717, 1.165) is 5.56 Å². The number of nitrogens with one attached hydrogen (secondary N) is 1. The Morgan fingerprint density at radius 2 is 2.17 bits per heavy atom. The second-order valence-corrected chi connectivity index (χ2v) is 5.45. The van der Waals surface area contributed by atoms with Crippen LogP contribution >= 0.6 is 12.2 Å². The van der Waals surface area contributed by atoms with Crippen molar-refractivity contribution in [3.63, 3.8) is 0 Å². The first kappa shape index (κ1) is 15.1. The van der Waals surface area contributed by atoms with Crippen LogP contribution in [-0.4, -0.2) is 25.6 Å². The molecule has 2 aromatic heterocycles. The molecular weight excluding hydrogens is 314 g/mol. The van der Waals surface area contributed by atoms with Crippen LogP contribution in [0.25, 0.3) is 10.9 Å². The maximum absolute atomic E-state index is 12.6. The highest BCUT2D eigenvalue weighted by Gasteiger charge is 2.09. The highest BCUT2D eigenvalue weighted by molar-refractivity contribution is 7.71. The van der Waals surface area contributed by atoms with Gasteiger partial charge in [-0.2, -0.15) is 0 Å². The van der Waals surface area contributed by atoms with E-state index >= 15 is 0 Å². The number of hydrogen-bond donors (Lipinski definition) is 2. The molecular formula is C16H13N3O3S. The summed E-state index contributed by atoms with van der Waals surface area (Å²) in [5.41, 5.74) is 1.31. The minimum Gasteiger partial charge on any atom is -0.478 e. The Labute approximate surface area is 136 Å². The van der Waals surface area contributed by atoms with Crippen LogP contribution in [0.3, 0.4) is 0 Å². The fourth-order valence-corrected chi connectivity index (χ4v) is 2.66. The van der Waals surface area contributed by atoms with Crippen molar-refractivity contribution in [3.8, 4) is 0 Å². The lowest BCUT2D eigenvalue weighted by atomic mass is 10.1. The van der Waals surface area contributed by atoms with Crippen LogP contribution in [0.5, 0.6) is 0 Å². The lowest BCUT2D eigenvalue weighted by Crippen LogP contribution is -2.23. The van der Waals surface area contributed by atoms with Crippen LogP contribution < -0.4 is 5.56 Å². The molecule has 1 aromatic carbocycles. The Morgan fingerprint density at radius 1 is 1.35 bits per heavy atom. The number of pyridine rings is 1. The highest BCUT2D eigenvalue weighted by Crippen LogP contribution is 2.11. The lowest BCUT2D eigenvalue weighted by molar-refractivity contribution is 0.0697. The molecule has 0 aliphatic carbocycles. The van der Waals surface area contributed by atoms with Crippen LogP contribution in [0.1, 0.15) is 15.9 Å². The van der Waals surface area contributed by atoms with Crippen molar-refractivity contribution < 1.29 is 9.90 Å². The lowest BCUT2D eigenvalue weighted by Gasteiger charge is -2.08. The molecule has 2 heterocycles. The van der Waals surface area contributed by atoms with Crippen molar-refractivity contribution in [1.29, 1.82) is 0 Å². The standard InChI is InChI=1S/C16H13N3O3S/c20-14-12-4-3-11(15(21)22)8-13(12)18-16(23)19(14)7-5-10-2-1-6-17-9-10/h1-4,6,8-9H,5,7H2,(H,18,23)(H,21,22). The fourth-order valence-electron chi connectivity index (χ4n) is 2.38. The van der Waals surface area contributed by atoms with E-state index in [1.807, 2.05) is 12.1 Å². The van der Waals surface area contributed by atoms with Gasteiger partial charge in [0.25, 0.3) is 5.56 Å². The van der Waals surface area contributed by atoms with Crippen LogP contribution in [0.15, 0.2) is 47.5 Å². The van der Waals surface area contributed by atoms with Gasteiger partial charge in [0, 0.05) is 18.9 Å². The average Bonchev–Trinajstić information content (AvgIpc) is 2.55. The average molecular weight is 327 g/mol. The van der Waals surface area contributed by atoms with Crippen molar-refractivity contribution in [2.24, 2.45) is 0 Å². The minimum atomic E-state index is -1.05. The number of carboxylic acid groups (broad SMARTS) is 1. The first-order valence-corrected chi connectivity index (χ1v) is 7.36. The number of carboxylic acids is 1. The van der Waals surface area contributed by atoms with Crippen molar-refractivity contribution >= 4 is 29.1 Å². The largest absolute Gasteiger partial charge is 0.478 e. The number of hydrogen-bond acceptors (Lipinski definition) is 4. The minimum absolute atomic E-state index is 0.107. The fraction of sp³-hybridized carbons (Fsp3) is 0.125. The molecule has 3 rings (SSSR count). The number of nitrogens with zero attached hydrogens (tertiary/aromatic N) is 2. The van der Waals surface area contributed by atoms with Gasteiger partial charge >= 0.3 is 5.97 Å². The van der Waals surface area contributed by atoms with E-state index in [0.29, 0.717) is 23.9 Å². The van der Waals surface area contributed by atoms with Crippen molar-refractivity contribution in [3.05, 3.63) is 69.0 Å². The summed E-state index contributed by atoms with van der Waals surface area (Å²) in [6.45, 7) is 0.427. The number of aromatic amines is 1. The predicted octanol–water partition coefficient (Wildman–Crippen LogP) is 2.39. The van der Waals surface area contributed by atoms with Gasteiger partial charge in [-0.05, 0) is 48.5 Å². The molecule has 116 valence electrons. The Morgan fingerprint density at radius 3 is 2.87 bits per heavy atom. The second-order valence-electron chi connectivity index (χ2n) is 5.06. The summed E-state index contributed by atoms with van der Waals surface area (Å²) in [6.07, 6.45) is 4.07. The molecule has 0 unspecified atom stereocenters. The zero-order chi connectivity index (χ0) is 16.4. The predicted molar refractivity (Wildman–Crippen MR) is 88.3 cm³/mol. The van der Waals surface area contributed by atoms with Crippen molar-refractivity contribution in [1.82, 2.24) is 14.5 Å². The summed E-state index contributed by atoms with van der Waals surface area (Å²) < 4.78 is 1.75. The zero-order valence-electron chi connectivity index (χ0n) is 12.0. The van der Waals surface area contributed by atoms with Crippen LogP contribution in [0.2, 0.25) is 0 Å². The number of rotatable bonds is 4. The topological polar surface area (TPSA) is 88.0 Å². The summed E-state index contributed by atoms with van der Waals surface area (Å²) in [5.74, 6) is -1.05. The first-order chi connectivity index (χ1) is 11.1. The third-order valence-corrected chi connectivity index (χ3v) is 3.90. The molecule has 6 nitrogen and oxygen atoms in total. The SMILES string of the molecule is O=C(O)c1ccc2c(=O)n(CCc3cccnc3)c(=S)[nH]c2c1. The van der Waals surface area contributed by atoms with Gasteiger partial charge in [-0.1, -0.05) is 6.07 Å². The van der Waals surface area contributed by atoms with E-state index in [-0.39, 0.29) is 15.9 Å². The van der Waals surface area contributed by atoms with Gasteiger partial charge in [0.1, 0.15) is 0 Å². The Hall–Kier alpha value is -2.80. The third-order valence-electron chi connectivity index (χ3n) is 3.58. The van der Waals surface area contributed by atoms with E-state index in [1.165, 1.54) is 22.8 Å². The van der Waals surface area contributed by atoms with E-state index in [2.05, 4.69) is 9.97 Å². The number of fused-ring (bicyclic) bond motifs is 1. The quantitative estimate of drug-likeness (QED) is 0.718. The van der Waals surface area contributed by atoms with Gasteiger partial charge in [-0.3, -0.25) is 14.3 Å². The highest BCUT2D eigenvalue weighted by atomic mass is 32.1. The maximum atomic E-state index is 12.6. The first-order valence-electron chi connectivity index (χ1n) is 6.95. The molecule has 0 saturated heterocycles. The molecule has 0 fully saturated rings.